The standard InChI is InChI=1S/C18H24N2O3/c1-13-10-17(18(22)19(3)11-16(21)12-23-4)14(2)20(13)15-8-6-5-7-9-15/h5-10,16,21H,11-12H2,1-4H3. The van der Waals surface area contributed by atoms with Crippen LogP contribution in [0, 0.1) is 13.8 Å². The maximum atomic E-state index is 12.7. The monoisotopic (exact) mass is 316 g/mol. The van der Waals surface area contributed by atoms with Crippen LogP contribution in [-0.4, -0.2) is 53.9 Å². The minimum absolute atomic E-state index is 0.101. The van der Waals surface area contributed by atoms with Gasteiger partial charge in [0.1, 0.15) is 0 Å². The first-order valence-corrected chi connectivity index (χ1v) is 7.62. The number of aromatic nitrogens is 1. The summed E-state index contributed by atoms with van der Waals surface area (Å²) in [5, 5.41) is 9.80. The number of carbonyl (C=O) groups excluding carboxylic acids is 1. The molecule has 0 bridgehead atoms. The van der Waals surface area contributed by atoms with Crippen LogP contribution in [-0.2, 0) is 4.74 Å². The number of carbonyl (C=O) groups is 1. The highest BCUT2D eigenvalue weighted by Gasteiger charge is 2.21. The Hall–Kier alpha value is -2.11. The van der Waals surface area contributed by atoms with Gasteiger partial charge in [0, 0.05) is 37.8 Å². The van der Waals surface area contributed by atoms with Crippen molar-refractivity contribution >= 4 is 5.91 Å². The zero-order chi connectivity index (χ0) is 17.0. The van der Waals surface area contributed by atoms with E-state index in [-0.39, 0.29) is 19.1 Å². The molecule has 0 spiro atoms. The molecular weight excluding hydrogens is 292 g/mol. The van der Waals surface area contributed by atoms with Gasteiger partial charge in [-0.25, -0.2) is 0 Å². The Morgan fingerprint density at radius 3 is 2.57 bits per heavy atom. The Labute approximate surface area is 137 Å². The van der Waals surface area contributed by atoms with Crippen molar-refractivity contribution in [3.8, 4) is 5.69 Å². The summed E-state index contributed by atoms with van der Waals surface area (Å²) in [6.07, 6.45) is -0.688. The van der Waals surface area contributed by atoms with Gasteiger partial charge in [-0.2, -0.15) is 0 Å². The average Bonchev–Trinajstić information content (AvgIpc) is 2.82. The van der Waals surface area contributed by atoms with Crippen LogP contribution in [0.5, 0.6) is 0 Å². The van der Waals surface area contributed by atoms with E-state index in [0.29, 0.717) is 5.56 Å². The van der Waals surface area contributed by atoms with E-state index in [1.165, 1.54) is 12.0 Å². The molecule has 5 nitrogen and oxygen atoms in total. The second kappa shape index (κ2) is 7.44. The van der Waals surface area contributed by atoms with Crippen LogP contribution in [0.15, 0.2) is 36.4 Å². The number of nitrogens with zero attached hydrogens (tertiary/aromatic N) is 2. The molecule has 1 unspecified atom stereocenters. The quantitative estimate of drug-likeness (QED) is 0.888. The van der Waals surface area contributed by atoms with Crippen molar-refractivity contribution < 1.29 is 14.6 Å². The average molecular weight is 316 g/mol. The zero-order valence-corrected chi connectivity index (χ0v) is 14.1. The number of hydrogen-bond acceptors (Lipinski definition) is 3. The highest BCUT2D eigenvalue weighted by atomic mass is 16.5. The molecule has 1 atom stereocenters. The topological polar surface area (TPSA) is 54.7 Å². The minimum Gasteiger partial charge on any atom is -0.389 e. The molecule has 0 aliphatic carbocycles. The number of para-hydroxylation sites is 1. The Bertz CT molecular complexity index is 664. The number of benzene rings is 1. The number of hydrogen-bond donors (Lipinski definition) is 1. The smallest absolute Gasteiger partial charge is 0.255 e. The second-order valence-corrected chi connectivity index (χ2v) is 5.75. The summed E-state index contributed by atoms with van der Waals surface area (Å²) >= 11 is 0. The van der Waals surface area contributed by atoms with E-state index < -0.39 is 6.10 Å². The van der Waals surface area contributed by atoms with Crippen LogP contribution >= 0.6 is 0 Å². The lowest BCUT2D eigenvalue weighted by atomic mass is 10.2. The number of methoxy groups -OCH3 is 1. The summed E-state index contributed by atoms with van der Waals surface area (Å²) < 4.78 is 6.96. The fourth-order valence-electron chi connectivity index (χ4n) is 2.80. The molecule has 1 heterocycles. The van der Waals surface area contributed by atoms with Crippen molar-refractivity contribution in [3.63, 3.8) is 0 Å². The SMILES string of the molecule is COCC(O)CN(C)C(=O)c1cc(C)n(-c2ccccc2)c1C. The first-order valence-electron chi connectivity index (χ1n) is 7.62. The number of aliphatic hydroxyl groups is 1. The van der Waals surface area contributed by atoms with Gasteiger partial charge in [-0.15, -0.1) is 0 Å². The molecule has 1 aromatic heterocycles. The van der Waals surface area contributed by atoms with Crippen LogP contribution in [0.2, 0.25) is 0 Å². The summed E-state index contributed by atoms with van der Waals surface area (Å²) in [7, 11) is 3.22. The molecular formula is C18H24N2O3. The summed E-state index contributed by atoms with van der Waals surface area (Å²) in [6, 6.07) is 11.8. The van der Waals surface area contributed by atoms with Gasteiger partial charge >= 0.3 is 0 Å². The molecule has 1 amide bonds. The number of rotatable bonds is 6. The lowest BCUT2D eigenvalue weighted by molar-refractivity contribution is 0.0380. The summed E-state index contributed by atoms with van der Waals surface area (Å²) in [4.78, 5) is 14.2. The van der Waals surface area contributed by atoms with Gasteiger partial charge < -0.3 is 19.3 Å². The summed E-state index contributed by atoms with van der Waals surface area (Å²) in [6.45, 7) is 4.37. The van der Waals surface area contributed by atoms with E-state index in [1.807, 2.05) is 50.2 Å². The first-order chi connectivity index (χ1) is 11.0. The maximum Gasteiger partial charge on any atom is 0.255 e. The molecule has 0 saturated heterocycles. The number of likely N-dealkylation sites (N-methyl/N-ethyl adjacent to an activating group) is 1. The van der Waals surface area contributed by atoms with Crippen LogP contribution in [0.25, 0.3) is 5.69 Å². The van der Waals surface area contributed by atoms with Gasteiger partial charge in [0.05, 0.1) is 18.3 Å². The molecule has 0 aliphatic heterocycles. The third kappa shape index (κ3) is 3.81. The lowest BCUT2D eigenvalue weighted by Gasteiger charge is -2.20. The number of amides is 1. The van der Waals surface area contributed by atoms with Crippen molar-refractivity contribution in [2.75, 3.05) is 27.3 Å². The van der Waals surface area contributed by atoms with E-state index in [1.54, 1.807) is 7.05 Å². The van der Waals surface area contributed by atoms with Gasteiger partial charge in [0.15, 0.2) is 0 Å². The Morgan fingerprint density at radius 2 is 1.96 bits per heavy atom. The van der Waals surface area contributed by atoms with Gasteiger partial charge in [-0.1, -0.05) is 18.2 Å². The molecule has 23 heavy (non-hydrogen) atoms. The molecule has 5 heteroatoms. The van der Waals surface area contributed by atoms with E-state index in [2.05, 4.69) is 4.57 Å². The number of aryl methyl sites for hydroxylation is 1. The molecule has 0 radical (unpaired) electrons. The van der Waals surface area contributed by atoms with Crippen molar-refractivity contribution in [2.24, 2.45) is 0 Å². The van der Waals surface area contributed by atoms with Gasteiger partial charge in [0.25, 0.3) is 5.91 Å². The van der Waals surface area contributed by atoms with Crippen LogP contribution in [0.1, 0.15) is 21.7 Å². The van der Waals surface area contributed by atoms with Crippen molar-refractivity contribution in [3.05, 3.63) is 53.3 Å². The Morgan fingerprint density at radius 1 is 1.30 bits per heavy atom. The molecule has 0 fully saturated rings. The second-order valence-electron chi connectivity index (χ2n) is 5.75. The number of ether oxygens (including phenoxy) is 1. The molecule has 0 aliphatic rings. The molecule has 2 rings (SSSR count). The fourth-order valence-corrected chi connectivity index (χ4v) is 2.80. The molecule has 0 saturated carbocycles. The van der Waals surface area contributed by atoms with Crippen molar-refractivity contribution in [2.45, 2.75) is 20.0 Å². The van der Waals surface area contributed by atoms with Crippen LogP contribution in [0.3, 0.4) is 0 Å². The minimum atomic E-state index is -0.688. The zero-order valence-electron chi connectivity index (χ0n) is 14.1. The third-order valence-corrected chi connectivity index (χ3v) is 3.87. The van der Waals surface area contributed by atoms with Gasteiger partial charge in [0.2, 0.25) is 0 Å². The summed E-state index contributed by atoms with van der Waals surface area (Å²) in [5.41, 5.74) is 3.58. The first kappa shape index (κ1) is 17.2. The Kier molecular flexibility index (Phi) is 5.58. The van der Waals surface area contributed by atoms with Crippen molar-refractivity contribution in [1.82, 2.24) is 9.47 Å². The van der Waals surface area contributed by atoms with E-state index in [4.69, 9.17) is 4.74 Å². The van der Waals surface area contributed by atoms with E-state index in [0.717, 1.165) is 17.1 Å². The molecule has 2 aromatic rings. The molecule has 124 valence electrons. The largest absolute Gasteiger partial charge is 0.389 e. The van der Waals surface area contributed by atoms with Crippen LogP contribution in [0.4, 0.5) is 0 Å². The molecule has 1 aromatic carbocycles. The lowest BCUT2D eigenvalue weighted by Crippen LogP contribution is -2.36. The normalized spacial score (nSPS) is 12.2. The fraction of sp³-hybridized carbons (Fsp3) is 0.389. The van der Waals surface area contributed by atoms with E-state index in [9.17, 15) is 9.90 Å². The third-order valence-electron chi connectivity index (χ3n) is 3.87. The Balaban J connectivity index is 2.26. The van der Waals surface area contributed by atoms with Gasteiger partial charge in [-0.3, -0.25) is 4.79 Å². The highest BCUT2D eigenvalue weighted by molar-refractivity contribution is 5.95. The van der Waals surface area contributed by atoms with Gasteiger partial charge in [-0.05, 0) is 32.0 Å². The van der Waals surface area contributed by atoms with E-state index >= 15 is 0 Å². The summed E-state index contributed by atoms with van der Waals surface area (Å²) in [5.74, 6) is -0.101. The maximum absolute atomic E-state index is 12.7. The highest BCUT2D eigenvalue weighted by Crippen LogP contribution is 2.21. The predicted octanol–water partition coefficient (Wildman–Crippen LogP) is 2.17. The van der Waals surface area contributed by atoms with Crippen molar-refractivity contribution in [1.29, 1.82) is 0 Å². The van der Waals surface area contributed by atoms with Crippen LogP contribution < -0.4 is 0 Å². The predicted molar refractivity (Wildman–Crippen MR) is 90.1 cm³/mol. The number of aliphatic hydroxyl groups excluding tert-OH is 1. The molecule has 1 N–H and O–H groups in total.